The minimum atomic E-state index is 0.0891. The Hall–Kier alpha value is -7.02. The first-order chi connectivity index (χ1) is 27.3. The van der Waals surface area contributed by atoms with Crippen LogP contribution in [-0.4, -0.2) is 0 Å². The first kappa shape index (κ1) is 32.6. The quantitative estimate of drug-likeness (QED) is 0.115. The highest BCUT2D eigenvalue weighted by Gasteiger charge is 2.22. The van der Waals surface area contributed by atoms with Gasteiger partial charge in [0.2, 0.25) is 0 Å². The summed E-state index contributed by atoms with van der Waals surface area (Å²) in [7, 11) is 0. The van der Waals surface area contributed by atoms with Crippen LogP contribution in [0, 0.1) is 0 Å². The van der Waals surface area contributed by atoms with E-state index in [2.05, 4.69) is 224 Å². The molecule has 0 N–H and O–H groups in total. The zero-order valence-corrected chi connectivity index (χ0v) is 30.4. The van der Waals surface area contributed by atoms with E-state index in [0.29, 0.717) is 0 Å². The molecular weight excluding hydrogens is 661 g/mol. The molecule has 1 unspecified atom stereocenters. The smallest absolute Gasteiger partial charge is 0.0346 e. The Morgan fingerprint density at radius 2 is 0.618 bits per heavy atom. The molecule has 0 saturated heterocycles. The van der Waals surface area contributed by atoms with Crippen LogP contribution >= 0.6 is 0 Å². The number of fused-ring (bicyclic) bond motifs is 3. The van der Waals surface area contributed by atoms with Gasteiger partial charge in [0, 0.05) is 5.92 Å². The fourth-order valence-corrected chi connectivity index (χ4v) is 8.78. The second-order valence-corrected chi connectivity index (χ2v) is 14.3. The Morgan fingerprint density at radius 1 is 0.218 bits per heavy atom. The van der Waals surface area contributed by atoms with E-state index < -0.39 is 0 Å². The molecule has 0 radical (unpaired) electrons. The lowest BCUT2D eigenvalue weighted by molar-refractivity contribution is 0.980. The highest BCUT2D eigenvalue weighted by molar-refractivity contribution is 6.24. The normalized spacial score (nSPS) is 11.9. The van der Waals surface area contributed by atoms with Crippen LogP contribution in [0.3, 0.4) is 0 Å². The van der Waals surface area contributed by atoms with Crippen LogP contribution in [-0.2, 0) is 0 Å². The number of hydrogen-bond donors (Lipinski definition) is 0. The minimum absolute atomic E-state index is 0.0891. The molecule has 10 aromatic rings. The maximum atomic E-state index is 2.35. The van der Waals surface area contributed by atoms with Gasteiger partial charge >= 0.3 is 0 Å². The van der Waals surface area contributed by atoms with Crippen molar-refractivity contribution >= 4 is 32.3 Å². The lowest BCUT2D eigenvalue weighted by Crippen LogP contribution is -2.05. The van der Waals surface area contributed by atoms with Crippen LogP contribution < -0.4 is 0 Å². The molecule has 0 aliphatic rings. The topological polar surface area (TPSA) is 0 Å². The summed E-state index contributed by atoms with van der Waals surface area (Å²) in [6, 6.07) is 82.1. The average molecular weight is 699 g/mol. The van der Waals surface area contributed by atoms with E-state index >= 15 is 0 Å². The molecule has 55 heavy (non-hydrogen) atoms. The highest BCUT2D eigenvalue weighted by Crippen LogP contribution is 2.46. The summed E-state index contributed by atoms with van der Waals surface area (Å²) in [4.78, 5) is 0. The predicted octanol–water partition coefficient (Wildman–Crippen LogP) is 15.0. The van der Waals surface area contributed by atoms with Gasteiger partial charge in [0.05, 0.1) is 0 Å². The van der Waals surface area contributed by atoms with E-state index in [4.69, 9.17) is 0 Å². The van der Waals surface area contributed by atoms with Gasteiger partial charge in [0.25, 0.3) is 0 Å². The molecular formula is C55H38. The average Bonchev–Trinajstić information content (AvgIpc) is 3.27. The molecule has 0 fully saturated rings. The molecule has 0 heterocycles. The summed E-state index contributed by atoms with van der Waals surface area (Å²) in [5.74, 6) is 0.0891. The Kier molecular flexibility index (Phi) is 8.35. The second-order valence-electron chi connectivity index (χ2n) is 14.3. The molecule has 0 aliphatic heterocycles. The Morgan fingerprint density at radius 3 is 1.22 bits per heavy atom. The van der Waals surface area contributed by atoms with Crippen molar-refractivity contribution in [2.24, 2.45) is 0 Å². The van der Waals surface area contributed by atoms with E-state index in [1.165, 1.54) is 93.5 Å². The third-order valence-corrected chi connectivity index (χ3v) is 11.2. The van der Waals surface area contributed by atoms with E-state index in [1.807, 2.05) is 0 Å². The van der Waals surface area contributed by atoms with Crippen LogP contribution in [0.4, 0.5) is 0 Å². The lowest BCUT2D eigenvalue weighted by Gasteiger charge is -2.23. The third-order valence-electron chi connectivity index (χ3n) is 11.2. The van der Waals surface area contributed by atoms with Crippen molar-refractivity contribution in [2.45, 2.75) is 5.92 Å². The number of benzene rings is 10. The van der Waals surface area contributed by atoms with E-state index in [9.17, 15) is 0 Å². The van der Waals surface area contributed by atoms with Gasteiger partial charge < -0.3 is 0 Å². The zero-order chi connectivity index (χ0) is 36.6. The molecule has 1 atom stereocenters. The molecule has 0 nitrogen and oxygen atoms in total. The van der Waals surface area contributed by atoms with Crippen LogP contribution in [0.25, 0.3) is 76.8 Å². The van der Waals surface area contributed by atoms with Gasteiger partial charge in [-0.25, -0.2) is 0 Å². The van der Waals surface area contributed by atoms with Crippen LogP contribution in [0.5, 0.6) is 0 Å². The van der Waals surface area contributed by atoms with Crippen molar-refractivity contribution in [1.82, 2.24) is 0 Å². The molecule has 10 aromatic carbocycles. The molecule has 0 aromatic heterocycles. The first-order valence-corrected chi connectivity index (χ1v) is 19.1. The molecule has 0 aliphatic carbocycles. The third kappa shape index (κ3) is 5.80. The molecule has 10 rings (SSSR count). The summed E-state index contributed by atoms with van der Waals surface area (Å²) >= 11 is 0. The Bertz CT molecular complexity index is 2880. The summed E-state index contributed by atoms with van der Waals surface area (Å²) in [5.41, 5.74) is 13.9. The highest BCUT2D eigenvalue weighted by atomic mass is 14.2. The molecule has 0 saturated carbocycles. The SMILES string of the molecule is c1ccc(-c2ccccc2C(c2ccccc2)c2ccc(-c3ccc(-c4c5ccccc5c(-c5ccccc5)c5ccccc45)c4ccccc34)cc2)cc1. The Labute approximate surface area is 322 Å². The van der Waals surface area contributed by atoms with Crippen LogP contribution in [0.1, 0.15) is 22.6 Å². The molecule has 258 valence electrons. The maximum Gasteiger partial charge on any atom is 0.0346 e. The summed E-state index contributed by atoms with van der Waals surface area (Å²) in [6.07, 6.45) is 0. The van der Waals surface area contributed by atoms with E-state index in [0.717, 1.165) is 0 Å². The number of rotatable bonds is 7. The predicted molar refractivity (Wildman–Crippen MR) is 235 cm³/mol. The van der Waals surface area contributed by atoms with Gasteiger partial charge in [-0.3, -0.25) is 0 Å². The van der Waals surface area contributed by atoms with Gasteiger partial charge in [-0.2, -0.15) is 0 Å². The van der Waals surface area contributed by atoms with Gasteiger partial charge in [0.15, 0.2) is 0 Å². The first-order valence-electron chi connectivity index (χ1n) is 19.1. The fourth-order valence-electron chi connectivity index (χ4n) is 8.78. The van der Waals surface area contributed by atoms with Crippen molar-refractivity contribution in [3.05, 3.63) is 241 Å². The lowest BCUT2D eigenvalue weighted by atomic mass is 9.81. The van der Waals surface area contributed by atoms with Crippen molar-refractivity contribution < 1.29 is 0 Å². The second kappa shape index (κ2) is 14.1. The molecule has 0 heteroatoms. The zero-order valence-electron chi connectivity index (χ0n) is 30.4. The van der Waals surface area contributed by atoms with Crippen LogP contribution in [0.15, 0.2) is 224 Å². The van der Waals surface area contributed by atoms with E-state index in [1.54, 1.807) is 0 Å². The largest absolute Gasteiger partial charge is 0.0622 e. The molecule has 0 spiro atoms. The van der Waals surface area contributed by atoms with Gasteiger partial charge in [0.1, 0.15) is 0 Å². The van der Waals surface area contributed by atoms with Crippen molar-refractivity contribution in [2.75, 3.05) is 0 Å². The summed E-state index contributed by atoms with van der Waals surface area (Å²) in [6.45, 7) is 0. The fraction of sp³-hybridized carbons (Fsp3) is 0.0182. The molecule has 0 amide bonds. The van der Waals surface area contributed by atoms with Gasteiger partial charge in [-0.05, 0) is 93.5 Å². The minimum Gasteiger partial charge on any atom is -0.0622 e. The molecule has 0 bridgehead atoms. The van der Waals surface area contributed by atoms with Gasteiger partial charge in [-0.1, -0.05) is 224 Å². The summed E-state index contributed by atoms with van der Waals surface area (Å²) < 4.78 is 0. The van der Waals surface area contributed by atoms with Gasteiger partial charge in [-0.15, -0.1) is 0 Å². The standard InChI is InChI=1S/C55H38/c1-4-18-38(19-5-1)43-24-10-13-27-47(43)53(40-20-6-2-7-21-40)42-34-32-39(33-35-42)44-36-37-52(46-26-12-11-25-45(44)46)55-50-30-16-14-28-48(50)54(41-22-8-3-9-23-41)49-29-15-17-31-51(49)55/h1-37,53H. The number of hydrogen-bond acceptors (Lipinski definition) is 0. The maximum absolute atomic E-state index is 2.35. The van der Waals surface area contributed by atoms with E-state index in [-0.39, 0.29) is 5.92 Å². The Balaban J connectivity index is 1.12. The monoisotopic (exact) mass is 698 g/mol. The summed E-state index contributed by atoms with van der Waals surface area (Å²) in [5, 5.41) is 7.59. The van der Waals surface area contributed by atoms with Crippen molar-refractivity contribution in [1.29, 1.82) is 0 Å². The van der Waals surface area contributed by atoms with Crippen LogP contribution in [0.2, 0.25) is 0 Å². The van der Waals surface area contributed by atoms with Crippen molar-refractivity contribution in [3.63, 3.8) is 0 Å². The van der Waals surface area contributed by atoms with Crippen molar-refractivity contribution in [3.8, 4) is 44.5 Å².